The van der Waals surface area contributed by atoms with E-state index in [1.54, 1.807) is 44.2 Å². The number of aliphatic hydroxyl groups excluding tert-OH is 2. The van der Waals surface area contributed by atoms with E-state index in [1.165, 1.54) is 0 Å². The van der Waals surface area contributed by atoms with E-state index < -0.39 is 49.1 Å². The Morgan fingerprint density at radius 2 is 1.91 bits per heavy atom. The highest BCUT2D eigenvalue weighted by Gasteiger charge is 2.58. The third-order valence-electron chi connectivity index (χ3n) is 3.85. The van der Waals surface area contributed by atoms with E-state index in [4.69, 9.17) is 24.1 Å². The van der Waals surface area contributed by atoms with Crippen LogP contribution < -0.4 is 0 Å². The molecule has 0 aromatic heterocycles. The summed E-state index contributed by atoms with van der Waals surface area (Å²) in [6.45, 7) is 2.96. The zero-order valence-electron chi connectivity index (χ0n) is 12.9. The van der Waals surface area contributed by atoms with Gasteiger partial charge < -0.3 is 29.2 Å². The molecule has 0 radical (unpaired) electrons. The van der Waals surface area contributed by atoms with Gasteiger partial charge in [0.2, 0.25) is 6.29 Å². The van der Waals surface area contributed by atoms with Crippen molar-refractivity contribution in [2.45, 2.75) is 50.3 Å². The van der Waals surface area contributed by atoms with Crippen molar-refractivity contribution in [2.75, 3.05) is 6.61 Å². The van der Waals surface area contributed by atoms with Crippen LogP contribution in [-0.4, -0.2) is 59.3 Å². The molecule has 0 spiro atoms. The Morgan fingerprint density at radius 3 is 2.57 bits per heavy atom. The first-order chi connectivity index (χ1) is 10.9. The molecule has 7 heteroatoms. The SMILES string of the molecule is CC1(C)O[C@@H]2[C@H]([C@H](O)CO)O[C@@H](OC(=O)c3ccccc3)[C@@H]2O1. The number of fused-ring (bicyclic) bond motifs is 1. The van der Waals surface area contributed by atoms with Gasteiger partial charge in [0.1, 0.15) is 18.3 Å². The zero-order valence-corrected chi connectivity index (χ0v) is 12.9. The Morgan fingerprint density at radius 1 is 1.26 bits per heavy atom. The predicted molar refractivity (Wildman–Crippen MR) is 77.4 cm³/mol. The molecule has 3 rings (SSSR count). The third kappa shape index (κ3) is 3.24. The fourth-order valence-electron chi connectivity index (χ4n) is 2.85. The minimum atomic E-state index is -1.15. The molecule has 0 bridgehead atoms. The average molecular weight is 324 g/mol. The van der Waals surface area contributed by atoms with Gasteiger partial charge in [-0.2, -0.15) is 0 Å². The van der Waals surface area contributed by atoms with Gasteiger partial charge in [-0.1, -0.05) is 18.2 Å². The first kappa shape index (κ1) is 16.4. The summed E-state index contributed by atoms with van der Waals surface area (Å²) in [5.41, 5.74) is 0.386. The number of hydrogen-bond acceptors (Lipinski definition) is 7. The van der Waals surface area contributed by atoms with Gasteiger partial charge in [0, 0.05) is 0 Å². The monoisotopic (exact) mass is 324 g/mol. The van der Waals surface area contributed by atoms with Crippen molar-refractivity contribution in [3.05, 3.63) is 35.9 Å². The topological polar surface area (TPSA) is 94.5 Å². The highest BCUT2D eigenvalue weighted by Crippen LogP contribution is 2.40. The number of benzene rings is 1. The van der Waals surface area contributed by atoms with Gasteiger partial charge in [-0.3, -0.25) is 0 Å². The van der Waals surface area contributed by atoms with Crippen LogP contribution in [0.15, 0.2) is 30.3 Å². The lowest BCUT2D eigenvalue weighted by atomic mass is 10.1. The molecule has 0 saturated carbocycles. The van der Waals surface area contributed by atoms with E-state index in [-0.39, 0.29) is 0 Å². The first-order valence-corrected chi connectivity index (χ1v) is 7.47. The Labute approximate surface area is 133 Å². The van der Waals surface area contributed by atoms with E-state index >= 15 is 0 Å². The fourth-order valence-corrected chi connectivity index (χ4v) is 2.85. The molecule has 0 unspecified atom stereocenters. The summed E-state index contributed by atoms with van der Waals surface area (Å²) < 4.78 is 22.4. The van der Waals surface area contributed by atoms with Crippen LogP contribution in [0, 0.1) is 0 Å². The standard InChI is InChI=1S/C16H20O7/c1-16(2)22-12-11(10(18)8-17)20-15(13(12)23-16)21-14(19)9-6-4-3-5-7-9/h3-7,10-13,15,17-18H,8H2,1-2H3/t10-,11+,12-,13-,15+/m1/s1. The maximum atomic E-state index is 12.2. The van der Waals surface area contributed by atoms with Crippen LogP contribution in [-0.2, 0) is 18.9 Å². The molecule has 2 fully saturated rings. The van der Waals surface area contributed by atoms with Crippen LogP contribution in [0.3, 0.4) is 0 Å². The van der Waals surface area contributed by atoms with Gasteiger partial charge in [0.05, 0.1) is 12.2 Å². The molecule has 7 nitrogen and oxygen atoms in total. The summed E-state index contributed by atoms with van der Waals surface area (Å²) in [5, 5.41) is 19.1. The number of esters is 1. The van der Waals surface area contributed by atoms with Crippen molar-refractivity contribution >= 4 is 5.97 Å². The van der Waals surface area contributed by atoms with Crippen LogP contribution in [0.4, 0.5) is 0 Å². The number of carbonyl (C=O) groups is 1. The third-order valence-corrected chi connectivity index (χ3v) is 3.85. The highest BCUT2D eigenvalue weighted by molar-refractivity contribution is 5.89. The zero-order chi connectivity index (χ0) is 16.6. The number of carbonyl (C=O) groups excluding carboxylic acids is 1. The predicted octanol–water partition coefficient (Wildman–Crippen LogP) is 0.442. The van der Waals surface area contributed by atoms with Gasteiger partial charge in [-0.25, -0.2) is 4.79 Å². The Kier molecular flexibility index (Phi) is 4.39. The second-order valence-electron chi connectivity index (χ2n) is 6.06. The number of hydrogen-bond donors (Lipinski definition) is 2. The Balaban J connectivity index is 1.75. The van der Waals surface area contributed by atoms with Gasteiger partial charge in [0.15, 0.2) is 11.9 Å². The van der Waals surface area contributed by atoms with Crippen molar-refractivity contribution in [2.24, 2.45) is 0 Å². The molecule has 0 aliphatic carbocycles. The molecule has 23 heavy (non-hydrogen) atoms. The molecule has 2 N–H and O–H groups in total. The molecule has 1 aromatic carbocycles. The largest absolute Gasteiger partial charge is 0.429 e. The second-order valence-corrected chi connectivity index (χ2v) is 6.06. The van der Waals surface area contributed by atoms with E-state index in [2.05, 4.69) is 0 Å². The maximum Gasteiger partial charge on any atom is 0.340 e. The molecule has 5 atom stereocenters. The van der Waals surface area contributed by atoms with E-state index in [9.17, 15) is 9.90 Å². The van der Waals surface area contributed by atoms with Crippen molar-refractivity contribution in [1.82, 2.24) is 0 Å². The van der Waals surface area contributed by atoms with Gasteiger partial charge in [-0.05, 0) is 26.0 Å². The molecule has 1 aromatic rings. The molecule has 0 amide bonds. The van der Waals surface area contributed by atoms with Crippen LogP contribution in [0.25, 0.3) is 0 Å². The smallest absolute Gasteiger partial charge is 0.340 e. The van der Waals surface area contributed by atoms with Gasteiger partial charge in [0.25, 0.3) is 0 Å². The highest BCUT2D eigenvalue weighted by atomic mass is 16.8. The summed E-state index contributed by atoms with van der Waals surface area (Å²) in [4.78, 5) is 12.2. The second kappa shape index (κ2) is 6.18. The van der Waals surface area contributed by atoms with Crippen molar-refractivity contribution in [3.8, 4) is 0 Å². The Hall–Kier alpha value is -1.51. The molecule has 2 aliphatic rings. The lowest BCUT2D eigenvalue weighted by Crippen LogP contribution is -2.40. The van der Waals surface area contributed by atoms with E-state index in [0.717, 1.165) is 0 Å². The van der Waals surface area contributed by atoms with Gasteiger partial charge in [-0.15, -0.1) is 0 Å². The number of rotatable bonds is 4. The van der Waals surface area contributed by atoms with Crippen LogP contribution in [0.5, 0.6) is 0 Å². The maximum absolute atomic E-state index is 12.2. The molecule has 126 valence electrons. The first-order valence-electron chi connectivity index (χ1n) is 7.47. The summed E-state index contributed by atoms with van der Waals surface area (Å²) >= 11 is 0. The average Bonchev–Trinajstić information content (AvgIpc) is 3.01. The quantitative estimate of drug-likeness (QED) is 0.776. The summed E-state index contributed by atoms with van der Waals surface area (Å²) in [5.74, 6) is -1.44. The number of aliphatic hydroxyl groups is 2. The lowest BCUT2D eigenvalue weighted by Gasteiger charge is -2.25. The molecule has 2 saturated heterocycles. The van der Waals surface area contributed by atoms with Crippen molar-refractivity contribution in [3.63, 3.8) is 0 Å². The van der Waals surface area contributed by atoms with Crippen LogP contribution in [0.1, 0.15) is 24.2 Å². The van der Waals surface area contributed by atoms with E-state index in [0.29, 0.717) is 5.56 Å². The molecule has 2 aliphatic heterocycles. The van der Waals surface area contributed by atoms with Gasteiger partial charge >= 0.3 is 5.97 Å². The lowest BCUT2D eigenvalue weighted by molar-refractivity contribution is -0.231. The van der Waals surface area contributed by atoms with Crippen molar-refractivity contribution < 1.29 is 34.0 Å². The molecule has 2 heterocycles. The fraction of sp³-hybridized carbons (Fsp3) is 0.562. The Bertz CT molecular complexity index is 559. The number of ether oxygens (including phenoxy) is 4. The summed E-state index contributed by atoms with van der Waals surface area (Å²) in [6.07, 6.45) is -4.29. The molecular formula is C16H20O7. The normalized spacial score (nSPS) is 33.2. The summed E-state index contributed by atoms with van der Waals surface area (Å²) in [6, 6.07) is 8.51. The summed E-state index contributed by atoms with van der Waals surface area (Å²) in [7, 11) is 0. The molecular weight excluding hydrogens is 304 g/mol. The minimum Gasteiger partial charge on any atom is -0.429 e. The van der Waals surface area contributed by atoms with Crippen LogP contribution >= 0.6 is 0 Å². The van der Waals surface area contributed by atoms with Crippen LogP contribution in [0.2, 0.25) is 0 Å². The van der Waals surface area contributed by atoms with Crippen molar-refractivity contribution in [1.29, 1.82) is 0 Å². The van der Waals surface area contributed by atoms with E-state index in [1.807, 2.05) is 0 Å². The minimum absolute atomic E-state index is 0.386.